The second-order valence-corrected chi connectivity index (χ2v) is 10.4. The highest BCUT2D eigenvalue weighted by Gasteiger charge is 2.54. The number of anilines is 1. The minimum Gasteiger partial charge on any atom is -0.477 e. The highest BCUT2D eigenvalue weighted by atomic mass is 32.2. The van der Waals surface area contributed by atoms with Crippen molar-refractivity contribution in [3.05, 3.63) is 29.2 Å². The number of aliphatic carboxylic acids is 1. The Morgan fingerprint density at radius 2 is 2.25 bits per heavy atom. The van der Waals surface area contributed by atoms with Crippen LogP contribution in [0.15, 0.2) is 28.6 Å². The van der Waals surface area contributed by atoms with Gasteiger partial charge in [0, 0.05) is 30.8 Å². The fourth-order valence-electron chi connectivity index (χ4n) is 4.29. The minimum absolute atomic E-state index is 0.0590. The summed E-state index contributed by atoms with van der Waals surface area (Å²) in [5, 5.41) is 17.4. The van der Waals surface area contributed by atoms with E-state index in [1.54, 1.807) is 6.08 Å². The molecule has 16 heteroatoms. The number of nitrogens with one attached hydrogen (secondary N) is 1. The monoisotopic (exact) mass is 541 g/mol. The quantitative estimate of drug-likeness (QED) is 0.165. The lowest BCUT2D eigenvalue weighted by Gasteiger charge is -2.49. The van der Waals surface area contributed by atoms with Crippen molar-refractivity contribution in [1.29, 1.82) is 0 Å². The van der Waals surface area contributed by atoms with Crippen molar-refractivity contribution in [3.63, 3.8) is 0 Å². The predicted molar refractivity (Wildman–Crippen MR) is 130 cm³/mol. The van der Waals surface area contributed by atoms with E-state index in [0.29, 0.717) is 17.9 Å². The molecule has 4 rings (SSSR count). The Balaban J connectivity index is 1.48. The number of alkyl halides is 1. The molecule has 0 bridgehead atoms. The molecule has 1 unspecified atom stereocenters. The van der Waals surface area contributed by atoms with Crippen molar-refractivity contribution in [1.82, 2.24) is 24.6 Å². The first-order chi connectivity index (χ1) is 17.2. The zero-order chi connectivity index (χ0) is 26.0. The molecule has 4 N–H and O–H groups in total. The summed E-state index contributed by atoms with van der Waals surface area (Å²) in [6, 6.07) is -1.02. The molecule has 0 saturated carbocycles. The predicted octanol–water partition coefficient (Wildman–Crippen LogP) is -0.240. The zero-order valence-electron chi connectivity index (χ0n) is 19.6. The van der Waals surface area contributed by atoms with Crippen LogP contribution < -0.4 is 11.1 Å². The molecule has 3 atom stereocenters. The number of aromatic nitrogens is 2. The van der Waals surface area contributed by atoms with Gasteiger partial charge < -0.3 is 21.0 Å². The number of carboxylic acids is 1. The maximum Gasteiger partial charge on any atom is 0.352 e. The van der Waals surface area contributed by atoms with Gasteiger partial charge in [-0.05, 0) is 11.6 Å². The maximum atomic E-state index is 12.9. The Labute approximate surface area is 214 Å². The number of hydrogen-bond donors (Lipinski definition) is 3. The molecule has 0 aromatic carbocycles. The molecule has 2 amide bonds. The van der Waals surface area contributed by atoms with Gasteiger partial charge in [-0.2, -0.15) is 14.4 Å². The first-order valence-electron chi connectivity index (χ1n) is 11.0. The summed E-state index contributed by atoms with van der Waals surface area (Å²) in [5.74, 6) is -2.52. The molecule has 2 fully saturated rings. The van der Waals surface area contributed by atoms with Gasteiger partial charge in [0.25, 0.3) is 18.7 Å². The standard InChI is InChI=1S/C20H25FN8O5S2/c1-27-6-4-8-29(27,2)7-3-5-11-9-35-18-13(17(31)28(18)14(11)19(32)33)23-16(30)12(25-34-10-21)15-24-20(22)36-26-15/h3,5,13,18H,4,6-10H2,1-2H3,(H3-,22,23,24,26,30,32,33)/p+1/b5-3+,25-12-/t13-,18-,29?/m1/s1. The number of carbonyl (C=O) groups is 3. The van der Waals surface area contributed by atoms with Gasteiger partial charge in [-0.25, -0.2) is 13.8 Å². The Hall–Kier alpha value is -3.08. The molecule has 194 valence electrons. The van der Waals surface area contributed by atoms with Crippen LogP contribution in [0.25, 0.3) is 0 Å². The van der Waals surface area contributed by atoms with Gasteiger partial charge >= 0.3 is 5.97 Å². The van der Waals surface area contributed by atoms with Crippen molar-refractivity contribution >= 4 is 51.9 Å². The van der Waals surface area contributed by atoms with Crippen LogP contribution in [0.2, 0.25) is 0 Å². The lowest BCUT2D eigenvalue weighted by molar-refractivity contribution is -0.997. The summed E-state index contributed by atoms with van der Waals surface area (Å²) in [4.78, 5) is 47.2. The van der Waals surface area contributed by atoms with Gasteiger partial charge in [-0.3, -0.25) is 14.5 Å². The number of oxime groups is 1. The number of nitrogens with two attached hydrogens (primary N) is 1. The van der Waals surface area contributed by atoms with Gasteiger partial charge in [0.1, 0.15) is 23.7 Å². The second kappa shape index (κ2) is 10.5. The molecule has 2 saturated heterocycles. The maximum absolute atomic E-state index is 12.9. The van der Waals surface area contributed by atoms with Crippen LogP contribution in [-0.4, -0.2) is 110 Å². The fraction of sp³-hybridized carbons (Fsp3) is 0.500. The van der Waals surface area contributed by atoms with Gasteiger partial charge in [0.15, 0.2) is 5.13 Å². The molecule has 0 radical (unpaired) electrons. The average Bonchev–Trinajstić information content (AvgIpc) is 3.41. The number of quaternary nitrogens is 1. The lowest BCUT2D eigenvalue weighted by atomic mass is 10.0. The number of carboxylic acid groups (broad SMARTS) is 1. The zero-order valence-corrected chi connectivity index (χ0v) is 21.2. The largest absolute Gasteiger partial charge is 0.477 e. The number of nitrogens with zero attached hydrogens (tertiary/aromatic N) is 6. The van der Waals surface area contributed by atoms with E-state index in [9.17, 15) is 23.9 Å². The number of amides is 2. The third-order valence-corrected chi connectivity index (χ3v) is 8.17. The molecular weight excluding hydrogens is 515 g/mol. The summed E-state index contributed by atoms with van der Waals surface area (Å²) in [6.45, 7) is 1.41. The van der Waals surface area contributed by atoms with E-state index in [2.05, 4.69) is 43.8 Å². The molecule has 0 spiro atoms. The molecule has 1 aromatic rings. The van der Waals surface area contributed by atoms with Gasteiger partial charge in [-0.1, -0.05) is 11.2 Å². The number of rotatable bonds is 9. The van der Waals surface area contributed by atoms with E-state index in [4.69, 9.17) is 5.73 Å². The first kappa shape index (κ1) is 26.0. The third kappa shape index (κ3) is 4.93. The topological polar surface area (TPSA) is 163 Å². The smallest absolute Gasteiger partial charge is 0.352 e. The number of carbonyl (C=O) groups excluding carboxylic acids is 2. The molecule has 36 heavy (non-hydrogen) atoms. The molecule has 3 aliphatic rings. The number of likely N-dealkylation sites (N-methyl/N-ethyl adjacent to an activating group) is 1. The summed E-state index contributed by atoms with van der Waals surface area (Å²) in [6.07, 6.45) is 4.79. The number of nitrogen functional groups attached to an aromatic ring is 1. The number of fused-ring (bicyclic) bond motifs is 1. The van der Waals surface area contributed by atoms with Crippen molar-refractivity contribution in [2.24, 2.45) is 5.16 Å². The summed E-state index contributed by atoms with van der Waals surface area (Å²) >= 11 is 2.13. The van der Waals surface area contributed by atoms with Crippen LogP contribution in [0.4, 0.5) is 9.52 Å². The normalized spacial score (nSPS) is 26.8. The summed E-state index contributed by atoms with van der Waals surface area (Å²) in [5.41, 5.74) is 5.51. The molecule has 4 heterocycles. The second-order valence-electron chi connectivity index (χ2n) is 8.56. The van der Waals surface area contributed by atoms with E-state index < -0.39 is 41.8 Å². The number of hydrogen-bond acceptors (Lipinski definition) is 11. The van der Waals surface area contributed by atoms with Gasteiger partial charge in [0.05, 0.1) is 20.1 Å². The van der Waals surface area contributed by atoms with Crippen LogP contribution in [0.3, 0.4) is 0 Å². The minimum atomic E-state index is -1.29. The SMILES string of the molecule is CN1CCC[N+]1(C)C/C=C/C1=C(C(=O)O)N2C(=O)[C@@H](NC(=O)/C(=N\OCF)c3nsc(N)n3)[C@H]2SC1. The van der Waals surface area contributed by atoms with Crippen molar-refractivity contribution < 1.29 is 33.3 Å². The Morgan fingerprint density at radius 3 is 2.86 bits per heavy atom. The number of thioether (sulfide) groups is 1. The Kier molecular flexibility index (Phi) is 7.58. The number of halogens is 1. The molecule has 3 aliphatic heterocycles. The fourth-order valence-corrected chi connectivity index (χ4v) is 6.04. The van der Waals surface area contributed by atoms with E-state index in [-0.39, 0.29) is 16.7 Å². The van der Waals surface area contributed by atoms with Crippen molar-refractivity contribution in [2.75, 3.05) is 52.1 Å². The Bertz CT molecular complexity index is 1160. The van der Waals surface area contributed by atoms with Gasteiger partial charge in [-0.15, -0.1) is 11.8 Å². The van der Waals surface area contributed by atoms with Gasteiger partial charge in [0.2, 0.25) is 11.5 Å². The number of β-lactam (4-membered cyclic amide) rings is 1. The van der Waals surface area contributed by atoms with Crippen molar-refractivity contribution in [3.8, 4) is 0 Å². The van der Waals surface area contributed by atoms with E-state index in [1.807, 2.05) is 6.08 Å². The van der Waals surface area contributed by atoms with E-state index in [0.717, 1.165) is 35.6 Å². The molecular formula is C20H26FN8O5S2+. The van der Waals surface area contributed by atoms with Crippen LogP contribution >= 0.6 is 23.3 Å². The van der Waals surface area contributed by atoms with Crippen molar-refractivity contribution in [2.45, 2.75) is 17.8 Å². The summed E-state index contributed by atoms with van der Waals surface area (Å²) in [7, 11) is 4.17. The first-order valence-corrected chi connectivity index (χ1v) is 12.8. The molecule has 1 aromatic heterocycles. The highest BCUT2D eigenvalue weighted by Crippen LogP contribution is 2.40. The third-order valence-electron chi connectivity index (χ3n) is 6.32. The van der Waals surface area contributed by atoms with E-state index >= 15 is 0 Å². The average molecular weight is 542 g/mol. The van der Waals surface area contributed by atoms with Crippen LogP contribution in [-0.2, 0) is 19.2 Å². The highest BCUT2D eigenvalue weighted by molar-refractivity contribution is 8.00. The van der Waals surface area contributed by atoms with Crippen LogP contribution in [0, 0.1) is 0 Å². The lowest BCUT2D eigenvalue weighted by Crippen LogP contribution is -2.71. The Morgan fingerprint density at radius 1 is 1.47 bits per heavy atom. The number of allylic oxidation sites excluding steroid dienone is 1. The summed E-state index contributed by atoms with van der Waals surface area (Å²) < 4.78 is 17.1. The molecule has 0 aliphatic carbocycles. The van der Waals surface area contributed by atoms with E-state index in [1.165, 1.54) is 16.7 Å². The molecule has 13 nitrogen and oxygen atoms in total. The van der Waals surface area contributed by atoms with Crippen LogP contribution in [0.5, 0.6) is 0 Å². The van der Waals surface area contributed by atoms with Crippen LogP contribution in [0.1, 0.15) is 12.2 Å².